The first-order valence-electron chi connectivity index (χ1n) is 5.56. The Morgan fingerprint density at radius 2 is 2.25 bits per heavy atom. The molecule has 20 heavy (non-hydrogen) atoms. The van der Waals surface area contributed by atoms with E-state index in [1.165, 1.54) is 19.3 Å². The third-order valence-corrected chi connectivity index (χ3v) is 2.65. The Kier molecular flexibility index (Phi) is 5.63. The van der Waals surface area contributed by atoms with Gasteiger partial charge in [-0.1, -0.05) is 24.3 Å². The predicted molar refractivity (Wildman–Crippen MR) is 76.5 cm³/mol. The fourth-order valence-electron chi connectivity index (χ4n) is 1.40. The number of methoxy groups -OCH3 is 1. The van der Waals surface area contributed by atoms with Crippen molar-refractivity contribution < 1.29 is 14.3 Å². The van der Waals surface area contributed by atoms with Gasteiger partial charge in [-0.15, -0.1) is 0 Å². The normalized spacial score (nSPS) is 10.6. The van der Waals surface area contributed by atoms with Crippen LogP contribution >= 0.6 is 11.6 Å². The molecule has 0 aliphatic carbocycles. The van der Waals surface area contributed by atoms with Gasteiger partial charge in [0.15, 0.2) is 11.5 Å². The quantitative estimate of drug-likeness (QED) is 0.495. The van der Waals surface area contributed by atoms with Crippen LogP contribution in [0.5, 0.6) is 11.5 Å². The second-order valence-corrected chi connectivity index (χ2v) is 4.07. The van der Waals surface area contributed by atoms with Crippen LogP contribution in [0.15, 0.2) is 30.4 Å². The molecule has 0 saturated heterocycles. The second-order valence-electron chi connectivity index (χ2n) is 3.66. The van der Waals surface area contributed by atoms with E-state index in [0.717, 1.165) is 0 Å². The molecule has 1 aromatic rings. The van der Waals surface area contributed by atoms with Gasteiger partial charge in [-0.05, 0) is 17.7 Å². The van der Waals surface area contributed by atoms with Crippen LogP contribution in [0.2, 0.25) is 5.02 Å². The number of hydrogen-bond donors (Lipinski definition) is 1. The fraction of sp³-hybridized carbons (Fsp3) is 0.143. The maximum absolute atomic E-state index is 11.0. The van der Waals surface area contributed by atoms with E-state index in [4.69, 9.17) is 32.1 Å². The number of rotatable bonds is 6. The molecule has 0 bridgehead atoms. The topological polar surface area (TPSA) is 85.3 Å². The Labute approximate surface area is 121 Å². The van der Waals surface area contributed by atoms with Crippen LogP contribution in [0, 0.1) is 11.3 Å². The van der Waals surface area contributed by atoms with Gasteiger partial charge in [0.05, 0.1) is 12.1 Å². The molecule has 1 rings (SSSR count). The molecule has 0 atom stereocenters. The third-order valence-electron chi connectivity index (χ3n) is 2.33. The number of carbonyl (C=O) groups excluding carboxylic acids is 1. The van der Waals surface area contributed by atoms with Gasteiger partial charge in [-0.25, -0.2) is 0 Å². The van der Waals surface area contributed by atoms with Gasteiger partial charge in [0.25, 0.3) is 5.91 Å². The van der Waals surface area contributed by atoms with Gasteiger partial charge >= 0.3 is 0 Å². The average molecular weight is 293 g/mol. The molecule has 0 aliphatic heterocycles. The van der Waals surface area contributed by atoms with E-state index in [0.29, 0.717) is 28.7 Å². The average Bonchev–Trinajstić information content (AvgIpc) is 2.43. The summed E-state index contributed by atoms with van der Waals surface area (Å²) >= 11 is 6.08. The number of primary amides is 1. The van der Waals surface area contributed by atoms with Crippen LogP contribution in [-0.4, -0.2) is 19.6 Å². The highest BCUT2D eigenvalue weighted by molar-refractivity contribution is 6.32. The number of nitrogens with zero attached hydrogens (tertiary/aromatic N) is 1. The maximum atomic E-state index is 11.0. The molecule has 0 aromatic heterocycles. The highest BCUT2D eigenvalue weighted by Gasteiger charge is 2.11. The summed E-state index contributed by atoms with van der Waals surface area (Å²) in [5, 5.41) is 9.12. The van der Waals surface area contributed by atoms with Crippen LogP contribution in [0.1, 0.15) is 5.56 Å². The first-order valence-corrected chi connectivity index (χ1v) is 5.94. The number of carbonyl (C=O) groups is 1. The molecule has 5 nitrogen and oxygen atoms in total. The van der Waals surface area contributed by atoms with Crippen molar-refractivity contribution in [2.75, 3.05) is 13.7 Å². The van der Waals surface area contributed by atoms with Crippen molar-refractivity contribution in [2.24, 2.45) is 5.73 Å². The van der Waals surface area contributed by atoms with Crippen molar-refractivity contribution in [3.8, 4) is 17.6 Å². The van der Waals surface area contributed by atoms with E-state index in [1.54, 1.807) is 18.2 Å². The number of nitrogens with two attached hydrogens (primary N) is 1. The first-order chi connectivity index (χ1) is 9.53. The molecule has 0 spiro atoms. The molecule has 0 aliphatic rings. The lowest BCUT2D eigenvalue weighted by atomic mass is 10.1. The maximum Gasteiger partial charge on any atom is 0.259 e. The van der Waals surface area contributed by atoms with Gasteiger partial charge in [-0.3, -0.25) is 4.79 Å². The summed E-state index contributed by atoms with van der Waals surface area (Å²) in [5.41, 5.74) is 5.31. The zero-order valence-corrected chi connectivity index (χ0v) is 11.6. The number of hydrogen-bond acceptors (Lipinski definition) is 4. The van der Waals surface area contributed by atoms with Gasteiger partial charge in [0.1, 0.15) is 18.2 Å². The monoisotopic (exact) mass is 292 g/mol. The Balaban J connectivity index is 3.27. The van der Waals surface area contributed by atoms with Gasteiger partial charge in [0.2, 0.25) is 0 Å². The zero-order chi connectivity index (χ0) is 15.1. The number of amides is 1. The van der Waals surface area contributed by atoms with Gasteiger partial charge in [0, 0.05) is 6.07 Å². The minimum absolute atomic E-state index is 0.200. The molecule has 0 radical (unpaired) electrons. The highest BCUT2D eigenvalue weighted by Crippen LogP contribution is 2.34. The summed E-state index contributed by atoms with van der Waals surface area (Å²) in [6, 6.07) is 4.80. The number of halogens is 1. The number of nitriles is 1. The molecule has 0 fully saturated rings. The second kappa shape index (κ2) is 7.22. The van der Waals surface area contributed by atoms with E-state index in [1.807, 2.05) is 0 Å². The summed E-state index contributed by atoms with van der Waals surface area (Å²) in [6.07, 6.45) is 2.88. The molecule has 1 amide bonds. The van der Waals surface area contributed by atoms with E-state index in [9.17, 15) is 4.79 Å². The summed E-state index contributed by atoms with van der Waals surface area (Å²) in [6.45, 7) is 3.84. The largest absolute Gasteiger partial charge is 0.493 e. The van der Waals surface area contributed by atoms with Crippen LogP contribution < -0.4 is 15.2 Å². The summed E-state index contributed by atoms with van der Waals surface area (Å²) < 4.78 is 10.6. The van der Waals surface area contributed by atoms with Crippen molar-refractivity contribution >= 4 is 23.6 Å². The molecule has 1 aromatic carbocycles. The molecular weight excluding hydrogens is 280 g/mol. The SMILES string of the molecule is C=CCOc1cc(Cl)c(/C=C(/C#N)C(N)=O)cc1OC. The minimum Gasteiger partial charge on any atom is -0.493 e. The number of benzene rings is 1. The molecule has 104 valence electrons. The summed E-state index contributed by atoms with van der Waals surface area (Å²) in [5.74, 6) is 0.0333. The molecule has 6 heteroatoms. The van der Waals surface area contributed by atoms with Crippen molar-refractivity contribution in [1.82, 2.24) is 0 Å². The molecule has 0 unspecified atom stereocenters. The highest BCUT2D eigenvalue weighted by atomic mass is 35.5. The Morgan fingerprint density at radius 3 is 2.75 bits per heavy atom. The van der Waals surface area contributed by atoms with E-state index >= 15 is 0 Å². The molecule has 0 saturated carbocycles. The Hall–Kier alpha value is -2.45. The summed E-state index contributed by atoms with van der Waals surface area (Å²) in [4.78, 5) is 11.0. The van der Waals surface area contributed by atoms with Gasteiger partial charge < -0.3 is 15.2 Å². The Bertz CT molecular complexity index is 603. The lowest BCUT2D eigenvalue weighted by Gasteiger charge is -2.11. The summed E-state index contributed by atoms with van der Waals surface area (Å²) in [7, 11) is 1.47. The van der Waals surface area contributed by atoms with Crippen LogP contribution in [0.4, 0.5) is 0 Å². The lowest BCUT2D eigenvalue weighted by Crippen LogP contribution is -2.12. The van der Waals surface area contributed by atoms with Gasteiger partial charge in [-0.2, -0.15) is 5.26 Å². The van der Waals surface area contributed by atoms with Crippen molar-refractivity contribution in [3.63, 3.8) is 0 Å². The fourth-order valence-corrected chi connectivity index (χ4v) is 1.60. The zero-order valence-electron chi connectivity index (χ0n) is 10.9. The first kappa shape index (κ1) is 15.6. The van der Waals surface area contributed by atoms with E-state index < -0.39 is 5.91 Å². The smallest absolute Gasteiger partial charge is 0.259 e. The van der Waals surface area contributed by atoms with E-state index in [2.05, 4.69) is 6.58 Å². The van der Waals surface area contributed by atoms with Crippen molar-refractivity contribution in [1.29, 1.82) is 5.26 Å². The van der Waals surface area contributed by atoms with Crippen molar-refractivity contribution in [3.05, 3.63) is 40.9 Å². The van der Waals surface area contributed by atoms with Crippen LogP contribution in [0.3, 0.4) is 0 Å². The molecule has 0 heterocycles. The van der Waals surface area contributed by atoms with Crippen LogP contribution in [0.25, 0.3) is 6.08 Å². The minimum atomic E-state index is -0.825. The van der Waals surface area contributed by atoms with Crippen LogP contribution in [-0.2, 0) is 4.79 Å². The number of ether oxygens (including phenoxy) is 2. The molecular formula is C14H13ClN2O3. The standard InChI is InChI=1S/C14H13ClN2O3/c1-3-4-20-13-7-11(15)9(6-12(13)19-2)5-10(8-16)14(17)18/h3,5-7H,1,4H2,2H3,(H2,17,18)/b10-5-. The third kappa shape index (κ3) is 3.77. The predicted octanol–water partition coefficient (Wildman–Crippen LogP) is 2.31. The Morgan fingerprint density at radius 1 is 1.55 bits per heavy atom. The lowest BCUT2D eigenvalue weighted by molar-refractivity contribution is -0.114. The van der Waals surface area contributed by atoms with Crippen molar-refractivity contribution in [2.45, 2.75) is 0 Å². The molecule has 2 N–H and O–H groups in total. The van der Waals surface area contributed by atoms with E-state index in [-0.39, 0.29) is 5.57 Å².